The topological polar surface area (TPSA) is 105 Å². The summed E-state index contributed by atoms with van der Waals surface area (Å²) in [5.41, 5.74) is 0. The number of nitrogens with one attached hydrogen (secondary N) is 2. The zero-order chi connectivity index (χ0) is 20.1. The first-order valence-corrected chi connectivity index (χ1v) is 11.2. The molecule has 3 N–H and O–H groups in total. The van der Waals surface area contributed by atoms with Crippen LogP contribution < -0.4 is 10.0 Å². The molecule has 1 amide bonds. The maximum absolute atomic E-state index is 12.9. The van der Waals surface area contributed by atoms with Crippen LogP contribution in [0.2, 0.25) is 0 Å². The van der Waals surface area contributed by atoms with Gasteiger partial charge >= 0.3 is 0 Å². The largest absolute Gasteiger partial charge is 0.394 e. The van der Waals surface area contributed by atoms with Crippen LogP contribution >= 0.6 is 0 Å². The maximum Gasteiger partial charge on any atom is 0.240 e. The maximum atomic E-state index is 12.9. The fraction of sp³-hybridized carbons (Fsp3) is 0.632. The summed E-state index contributed by atoms with van der Waals surface area (Å²) in [5.74, 6) is 0.00222. The minimum absolute atomic E-state index is 0.0000536. The van der Waals surface area contributed by atoms with Crippen molar-refractivity contribution in [3.05, 3.63) is 30.1 Å². The van der Waals surface area contributed by atoms with E-state index in [2.05, 4.69) is 10.0 Å². The van der Waals surface area contributed by atoms with Gasteiger partial charge in [0.05, 0.1) is 23.6 Å². The molecule has 3 atom stereocenters. The first-order chi connectivity index (χ1) is 13.4. The van der Waals surface area contributed by atoms with E-state index in [-0.39, 0.29) is 36.1 Å². The molecule has 0 unspecified atom stereocenters. The smallest absolute Gasteiger partial charge is 0.240 e. The number of carbonyl (C=O) groups is 1. The Kier molecular flexibility index (Phi) is 7.03. The third-order valence-electron chi connectivity index (χ3n) is 5.20. The molecule has 0 radical (unpaired) electrons. The summed E-state index contributed by atoms with van der Waals surface area (Å²) in [4.78, 5) is 12.0. The molecule has 28 heavy (non-hydrogen) atoms. The number of hydrogen-bond donors (Lipinski definition) is 3. The first kappa shape index (κ1) is 21.2. The summed E-state index contributed by atoms with van der Waals surface area (Å²) >= 11 is 0. The molecule has 1 saturated carbocycles. The van der Waals surface area contributed by atoms with Gasteiger partial charge in [-0.25, -0.2) is 17.5 Å². The van der Waals surface area contributed by atoms with Gasteiger partial charge < -0.3 is 15.2 Å². The van der Waals surface area contributed by atoms with Gasteiger partial charge in [-0.1, -0.05) is 0 Å². The lowest BCUT2D eigenvalue weighted by Crippen LogP contribution is -2.51. The molecule has 0 spiro atoms. The Balaban J connectivity index is 1.44. The minimum atomic E-state index is -3.71. The van der Waals surface area contributed by atoms with Crippen LogP contribution in [0.4, 0.5) is 4.39 Å². The summed E-state index contributed by atoms with van der Waals surface area (Å²) in [7, 11) is -3.71. The van der Waals surface area contributed by atoms with E-state index in [1.165, 1.54) is 12.1 Å². The van der Waals surface area contributed by atoms with Crippen molar-refractivity contribution in [2.24, 2.45) is 5.92 Å². The molecular formula is C19H27FN2O5S. The third-order valence-corrected chi connectivity index (χ3v) is 6.67. The number of carbonyl (C=O) groups excluding carboxylic acids is 1. The van der Waals surface area contributed by atoms with Crippen molar-refractivity contribution >= 4 is 15.9 Å². The van der Waals surface area contributed by atoms with Gasteiger partial charge in [-0.2, -0.15) is 0 Å². The lowest BCUT2D eigenvalue weighted by molar-refractivity contribution is -0.128. The highest BCUT2D eigenvalue weighted by Gasteiger charge is 2.33. The molecule has 1 aliphatic carbocycles. The lowest BCUT2D eigenvalue weighted by atomic mass is 9.97. The van der Waals surface area contributed by atoms with Crippen LogP contribution in [0.25, 0.3) is 0 Å². The highest BCUT2D eigenvalue weighted by Crippen LogP contribution is 2.32. The third kappa shape index (κ3) is 5.97. The van der Waals surface area contributed by atoms with Crippen LogP contribution in [0.5, 0.6) is 0 Å². The Morgan fingerprint density at radius 3 is 2.54 bits per heavy atom. The quantitative estimate of drug-likeness (QED) is 0.565. The van der Waals surface area contributed by atoms with E-state index in [1.807, 2.05) is 0 Å². The molecule has 1 aromatic carbocycles. The normalized spacial score (nSPS) is 25.4. The van der Waals surface area contributed by atoms with Gasteiger partial charge in [0, 0.05) is 13.0 Å². The molecular weight excluding hydrogens is 387 g/mol. The van der Waals surface area contributed by atoms with Gasteiger partial charge in [-0.15, -0.1) is 0 Å². The molecule has 1 saturated heterocycles. The second kappa shape index (κ2) is 9.30. The monoisotopic (exact) mass is 414 g/mol. The highest BCUT2D eigenvalue weighted by atomic mass is 32.2. The Bertz CT molecular complexity index is 767. The molecule has 1 aromatic rings. The van der Waals surface area contributed by atoms with E-state index in [4.69, 9.17) is 4.74 Å². The van der Waals surface area contributed by atoms with Crippen LogP contribution in [0.1, 0.15) is 38.5 Å². The fourth-order valence-electron chi connectivity index (χ4n) is 3.41. The van der Waals surface area contributed by atoms with Crippen molar-refractivity contribution in [1.82, 2.24) is 10.0 Å². The molecule has 7 nitrogen and oxygen atoms in total. The molecule has 156 valence electrons. The van der Waals surface area contributed by atoms with Crippen LogP contribution in [-0.4, -0.2) is 50.8 Å². The second-order valence-corrected chi connectivity index (χ2v) is 9.29. The summed E-state index contributed by atoms with van der Waals surface area (Å²) in [6.07, 6.45) is 3.84. The van der Waals surface area contributed by atoms with Crippen molar-refractivity contribution in [1.29, 1.82) is 0 Å². The van der Waals surface area contributed by atoms with Crippen LogP contribution in [-0.2, 0) is 19.6 Å². The first-order valence-electron chi connectivity index (χ1n) is 9.68. The molecule has 3 rings (SSSR count). The van der Waals surface area contributed by atoms with Gasteiger partial charge in [-0.05, 0) is 62.3 Å². The van der Waals surface area contributed by atoms with Gasteiger partial charge in [-0.3, -0.25) is 4.79 Å². The van der Waals surface area contributed by atoms with Crippen molar-refractivity contribution < 1.29 is 27.4 Å². The number of benzene rings is 1. The van der Waals surface area contributed by atoms with Crippen LogP contribution in [0.15, 0.2) is 29.2 Å². The van der Waals surface area contributed by atoms with Gasteiger partial charge in [0.15, 0.2) is 0 Å². The summed E-state index contributed by atoms with van der Waals surface area (Å²) in [5, 5.41) is 12.5. The lowest BCUT2D eigenvalue weighted by Gasteiger charge is -2.36. The second-order valence-electron chi connectivity index (χ2n) is 7.52. The number of aliphatic hydroxyl groups is 1. The average Bonchev–Trinajstić information content (AvgIpc) is 3.47. The molecule has 0 bridgehead atoms. The van der Waals surface area contributed by atoms with E-state index >= 15 is 0 Å². The summed E-state index contributed by atoms with van der Waals surface area (Å²) in [6.45, 7) is -0.0343. The fourth-order valence-corrected chi connectivity index (χ4v) is 4.46. The predicted octanol–water partition coefficient (Wildman–Crippen LogP) is 1.32. The summed E-state index contributed by atoms with van der Waals surface area (Å²) in [6, 6.07) is 4.41. The van der Waals surface area contributed by atoms with Crippen LogP contribution in [0, 0.1) is 11.7 Å². The highest BCUT2D eigenvalue weighted by molar-refractivity contribution is 7.89. The molecule has 9 heteroatoms. The van der Waals surface area contributed by atoms with Crippen molar-refractivity contribution in [3.8, 4) is 0 Å². The van der Waals surface area contributed by atoms with E-state index in [1.54, 1.807) is 0 Å². The van der Waals surface area contributed by atoms with E-state index in [0.29, 0.717) is 31.6 Å². The average molecular weight is 414 g/mol. The Morgan fingerprint density at radius 2 is 1.89 bits per heavy atom. The number of rotatable bonds is 9. The molecule has 0 aromatic heterocycles. The molecule has 2 aliphatic rings. The van der Waals surface area contributed by atoms with Crippen molar-refractivity contribution in [2.45, 2.75) is 61.7 Å². The number of hydrogen-bond acceptors (Lipinski definition) is 5. The number of sulfonamides is 1. The minimum Gasteiger partial charge on any atom is -0.394 e. The van der Waals surface area contributed by atoms with Gasteiger partial charge in [0.25, 0.3) is 0 Å². The van der Waals surface area contributed by atoms with Gasteiger partial charge in [0.2, 0.25) is 15.9 Å². The molecule has 1 heterocycles. The summed E-state index contributed by atoms with van der Waals surface area (Å²) < 4.78 is 45.7. The molecule has 2 fully saturated rings. The Morgan fingerprint density at radius 1 is 1.18 bits per heavy atom. The standard InChI is InChI=1S/C19H27FN2O5S/c20-14-3-6-16(7-4-14)28(25,26)21-10-9-15-5-8-17(18(12-23)27-15)22-19(24)11-13-1-2-13/h3-4,6-7,13,15,17-18,21,23H,1-2,5,8-12H2,(H,22,24)/t15-,17+,18-/m1/s1. The Hall–Kier alpha value is -1.55. The van der Waals surface area contributed by atoms with Gasteiger partial charge in [0.1, 0.15) is 11.9 Å². The van der Waals surface area contributed by atoms with E-state index in [9.17, 15) is 22.7 Å². The number of aliphatic hydroxyl groups excluding tert-OH is 1. The predicted molar refractivity (Wildman–Crippen MR) is 100 cm³/mol. The molecule has 1 aliphatic heterocycles. The van der Waals surface area contributed by atoms with Crippen molar-refractivity contribution in [2.75, 3.05) is 13.2 Å². The SMILES string of the molecule is O=C(CC1CC1)N[C@H]1CC[C@H](CCNS(=O)(=O)c2ccc(F)cc2)O[C@@H]1CO. The Labute approximate surface area is 164 Å². The van der Waals surface area contributed by atoms with E-state index in [0.717, 1.165) is 25.0 Å². The zero-order valence-electron chi connectivity index (χ0n) is 15.6. The van der Waals surface area contributed by atoms with Crippen LogP contribution in [0.3, 0.4) is 0 Å². The number of amides is 1. The number of halogens is 1. The van der Waals surface area contributed by atoms with E-state index < -0.39 is 21.9 Å². The number of ether oxygens (including phenoxy) is 1. The van der Waals surface area contributed by atoms with Crippen molar-refractivity contribution in [3.63, 3.8) is 0 Å². The zero-order valence-corrected chi connectivity index (χ0v) is 16.5.